The van der Waals surface area contributed by atoms with Gasteiger partial charge in [0.15, 0.2) is 9.84 Å². The van der Waals surface area contributed by atoms with Gasteiger partial charge in [-0.3, -0.25) is 0 Å². The van der Waals surface area contributed by atoms with Crippen molar-refractivity contribution in [1.82, 2.24) is 0 Å². The normalized spacial score (nSPS) is 23.2. The molecule has 1 aromatic rings. The summed E-state index contributed by atoms with van der Waals surface area (Å²) in [5.41, 5.74) is 1.22. The minimum absolute atomic E-state index is 0.0280. The Morgan fingerprint density at radius 2 is 2.11 bits per heavy atom. The van der Waals surface area contributed by atoms with Crippen molar-refractivity contribution in [2.24, 2.45) is 0 Å². The standard InChI is InChI=1S/C13H19NO4S/c1-9(15)12-4-3-10(7-13(12)16)14(2)11-5-6-19(17,18)8-11/h3-4,7,9,11,15-16H,5-6,8H2,1-2H3. The molecular weight excluding hydrogens is 266 g/mol. The number of benzene rings is 1. The third kappa shape index (κ3) is 3.01. The van der Waals surface area contributed by atoms with Crippen molar-refractivity contribution in [1.29, 1.82) is 0 Å². The van der Waals surface area contributed by atoms with Crippen molar-refractivity contribution >= 4 is 15.5 Å². The zero-order valence-electron chi connectivity index (χ0n) is 11.1. The number of aliphatic hydroxyl groups excluding tert-OH is 1. The fourth-order valence-corrected chi connectivity index (χ4v) is 4.17. The van der Waals surface area contributed by atoms with Crippen LogP contribution in [-0.4, -0.2) is 43.2 Å². The molecule has 2 unspecified atom stereocenters. The average molecular weight is 285 g/mol. The smallest absolute Gasteiger partial charge is 0.152 e. The summed E-state index contributed by atoms with van der Waals surface area (Å²) < 4.78 is 23.0. The molecule has 19 heavy (non-hydrogen) atoms. The molecule has 1 saturated heterocycles. The number of aromatic hydroxyl groups is 1. The monoisotopic (exact) mass is 285 g/mol. The van der Waals surface area contributed by atoms with Crippen LogP contribution in [0.5, 0.6) is 5.75 Å². The van der Waals surface area contributed by atoms with E-state index in [9.17, 15) is 18.6 Å². The van der Waals surface area contributed by atoms with Crippen LogP contribution in [0.1, 0.15) is 25.0 Å². The van der Waals surface area contributed by atoms with E-state index < -0.39 is 15.9 Å². The van der Waals surface area contributed by atoms with Gasteiger partial charge in [0.1, 0.15) is 5.75 Å². The van der Waals surface area contributed by atoms with Crippen molar-refractivity contribution in [2.75, 3.05) is 23.5 Å². The first-order chi connectivity index (χ1) is 8.80. The summed E-state index contributed by atoms with van der Waals surface area (Å²) in [6, 6.07) is 4.96. The molecule has 0 amide bonds. The predicted octanol–water partition coefficient (Wildman–Crippen LogP) is 1.07. The number of sulfone groups is 1. The zero-order valence-corrected chi connectivity index (χ0v) is 11.9. The van der Waals surface area contributed by atoms with Crippen LogP contribution >= 0.6 is 0 Å². The lowest BCUT2D eigenvalue weighted by Gasteiger charge is -2.26. The van der Waals surface area contributed by atoms with Gasteiger partial charge in [0.05, 0.1) is 17.6 Å². The van der Waals surface area contributed by atoms with Crippen LogP contribution in [0.15, 0.2) is 18.2 Å². The molecule has 0 saturated carbocycles. The molecule has 1 aromatic carbocycles. The first kappa shape index (κ1) is 14.1. The van der Waals surface area contributed by atoms with Gasteiger partial charge in [0, 0.05) is 30.4 Å². The van der Waals surface area contributed by atoms with E-state index in [2.05, 4.69) is 0 Å². The number of phenols is 1. The molecule has 2 rings (SSSR count). The molecular formula is C13H19NO4S. The SMILES string of the molecule is CC(O)c1ccc(N(C)C2CCS(=O)(=O)C2)cc1O. The second-order valence-corrected chi connectivity index (χ2v) is 7.32. The molecule has 1 aliphatic rings. The van der Waals surface area contributed by atoms with Gasteiger partial charge in [-0.2, -0.15) is 0 Å². The van der Waals surface area contributed by atoms with E-state index >= 15 is 0 Å². The molecule has 0 aromatic heterocycles. The Hall–Kier alpha value is -1.27. The van der Waals surface area contributed by atoms with Gasteiger partial charge < -0.3 is 15.1 Å². The second-order valence-electron chi connectivity index (χ2n) is 5.09. The van der Waals surface area contributed by atoms with Gasteiger partial charge in [-0.1, -0.05) is 6.07 Å². The van der Waals surface area contributed by atoms with Crippen molar-refractivity contribution in [3.63, 3.8) is 0 Å². The molecule has 5 nitrogen and oxygen atoms in total. The summed E-state index contributed by atoms with van der Waals surface area (Å²) in [7, 11) is -1.10. The van der Waals surface area contributed by atoms with Gasteiger partial charge in [-0.25, -0.2) is 8.42 Å². The van der Waals surface area contributed by atoms with Crippen LogP contribution in [0.3, 0.4) is 0 Å². The summed E-state index contributed by atoms with van der Waals surface area (Å²) in [6.07, 6.45) is -0.121. The number of hydrogen-bond donors (Lipinski definition) is 2. The first-order valence-electron chi connectivity index (χ1n) is 6.24. The molecule has 1 heterocycles. The van der Waals surface area contributed by atoms with Crippen molar-refractivity contribution in [2.45, 2.75) is 25.5 Å². The van der Waals surface area contributed by atoms with E-state index in [1.165, 1.54) is 0 Å². The lowest BCUT2D eigenvalue weighted by atomic mass is 10.1. The molecule has 2 atom stereocenters. The first-order valence-corrected chi connectivity index (χ1v) is 8.06. The Balaban J connectivity index is 2.21. The number of phenolic OH excluding ortho intramolecular Hbond substituents is 1. The molecule has 2 N–H and O–H groups in total. The minimum atomic E-state index is -2.92. The number of aliphatic hydroxyl groups is 1. The van der Waals surface area contributed by atoms with Crippen LogP contribution in [-0.2, 0) is 9.84 Å². The van der Waals surface area contributed by atoms with Gasteiger partial charge >= 0.3 is 0 Å². The molecule has 1 fully saturated rings. The predicted molar refractivity (Wildman–Crippen MR) is 74.2 cm³/mol. The Bertz CT molecular complexity index is 568. The van der Waals surface area contributed by atoms with E-state index in [1.807, 2.05) is 11.9 Å². The van der Waals surface area contributed by atoms with Crippen molar-refractivity contribution < 1.29 is 18.6 Å². The third-order valence-corrected chi connectivity index (χ3v) is 5.38. The van der Waals surface area contributed by atoms with Gasteiger partial charge in [0.2, 0.25) is 0 Å². The molecule has 6 heteroatoms. The Labute approximate surface area is 113 Å². The summed E-state index contributed by atoms with van der Waals surface area (Å²) in [4.78, 5) is 1.87. The van der Waals surface area contributed by atoms with E-state index in [0.717, 1.165) is 5.69 Å². The van der Waals surface area contributed by atoms with Crippen molar-refractivity contribution in [3.8, 4) is 5.75 Å². The van der Waals surface area contributed by atoms with Crippen LogP contribution in [0, 0.1) is 0 Å². The molecule has 106 valence electrons. The fraction of sp³-hybridized carbons (Fsp3) is 0.538. The number of hydrogen-bond acceptors (Lipinski definition) is 5. The third-order valence-electron chi connectivity index (χ3n) is 3.63. The van der Waals surface area contributed by atoms with E-state index in [-0.39, 0.29) is 23.3 Å². The molecule has 0 spiro atoms. The molecule has 0 radical (unpaired) electrons. The minimum Gasteiger partial charge on any atom is -0.507 e. The molecule has 1 aliphatic heterocycles. The Morgan fingerprint density at radius 3 is 2.58 bits per heavy atom. The van der Waals surface area contributed by atoms with Gasteiger partial charge in [-0.05, 0) is 19.4 Å². The lowest BCUT2D eigenvalue weighted by molar-refractivity contribution is 0.195. The van der Waals surface area contributed by atoms with E-state index in [0.29, 0.717) is 12.0 Å². The largest absolute Gasteiger partial charge is 0.507 e. The van der Waals surface area contributed by atoms with Gasteiger partial charge in [0.25, 0.3) is 0 Å². The number of rotatable bonds is 3. The maximum atomic E-state index is 11.5. The highest BCUT2D eigenvalue weighted by Gasteiger charge is 2.31. The van der Waals surface area contributed by atoms with Crippen molar-refractivity contribution in [3.05, 3.63) is 23.8 Å². The van der Waals surface area contributed by atoms with Gasteiger partial charge in [-0.15, -0.1) is 0 Å². The quantitative estimate of drug-likeness (QED) is 0.868. The lowest BCUT2D eigenvalue weighted by Crippen LogP contribution is -2.32. The topological polar surface area (TPSA) is 77.8 Å². The summed E-state index contributed by atoms with van der Waals surface area (Å²) in [5.74, 6) is 0.405. The molecule has 0 aliphatic carbocycles. The number of anilines is 1. The number of nitrogens with zero attached hydrogens (tertiary/aromatic N) is 1. The highest BCUT2D eigenvalue weighted by atomic mass is 32.2. The summed E-state index contributed by atoms with van der Waals surface area (Å²) in [6.45, 7) is 1.59. The average Bonchev–Trinajstić information content (AvgIpc) is 2.68. The van der Waals surface area contributed by atoms with E-state index in [4.69, 9.17) is 0 Å². The maximum Gasteiger partial charge on any atom is 0.152 e. The van der Waals surface area contributed by atoms with Crippen LogP contribution < -0.4 is 4.90 Å². The summed E-state index contributed by atoms with van der Waals surface area (Å²) in [5, 5.41) is 19.3. The van der Waals surface area contributed by atoms with Crippen LogP contribution in [0.2, 0.25) is 0 Å². The highest BCUT2D eigenvalue weighted by Crippen LogP contribution is 2.30. The second kappa shape index (κ2) is 5.02. The highest BCUT2D eigenvalue weighted by molar-refractivity contribution is 7.91. The van der Waals surface area contributed by atoms with Crippen LogP contribution in [0.25, 0.3) is 0 Å². The zero-order chi connectivity index (χ0) is 14.2. The van der Waals surface area contributed by atoms with Crippen LogP contribution in [0.4, 0.5) is 5.69 Å². The Kier molecular flexibility index (Phi) is 3.73. The molecule has 0 bridgehead atoms. The summed E-state index contributed by atoms with van der Waals surface area (Å²) >= 11 is 0. The maximum absolute atomic E-state index is 11.5. The fourth-order valence-electron chi connectivity index (χ4n) is 2.40. The van der Waals surface area contributed by atoms with E-state index in [1.54, 1.807) is 25.1 Å². The Morgan fingerprint density at radius 1 is 1.42 bits per heavy atom.